The maximum absolute atomic E-state index is 12.7. The largest absolute Gasteiger partial charge is 0.349 e. The highest BCUT2D eigenvalue weighted by Gasteiger charge is 2.32. The predicted octanol–water partition coefficient (Wildman–Crippen LogP) is 3.16. The van der Waals surface area contributed by atoms with Gasteiger partial charge in [-0.2, -0.15) is 0 Å². The zero-order valence-corrected chi connectivity index (χ0v) is 18.3. The third-order valence-electron chi connectivity index (χ3n) is 5.42. The van der Waals surface area contributed by atoms with E-state index < -0.39 is 0 Å². The fourth-order valence-corrected chi connectivity index (χ4v) is 3.93. The van der Waals surface area contributed by atoms with Crippen LogP contribution in [0.15, 0.2) is 30.3 Å². The fraction of sp³-hybridized carbons (Fsp3) is 0.636. The second-order valence-electron chi connectivity index (χ2n) is 8.49. The zero-order valence-electron chi connectivity index (χ0n) is 17.4. The van der Waals surface area contributed by atoms with Crippen molar-refractivity contribution in [3.8, 4) is 0 Å². The van der Waals surface area contributed by atoms with E-state index in [0.29, 0.717) is 32.0 Å². The number of likely N-dealkylation sites (tertiary alicyclic amines) is 1. The smallest absolute Gasteiger partial charge is 0.223 e. The van der Waals surface area contributed by atoms with E-state index in [0.717, 1.165) is 25.7 Å². The molecular formula is C22H36ClN3O2. The number of rotatable bonds is 8. The van der Waals surface area contributed by atoms with Gasteiger partial charge in [0.05, 0.1) is 0 Å². The number of aryl methyl sites for hydroxylation is 1. The van der Waals surface area contributed by atoms with Crippen molar-refractivity contribution in [2.45, 2.75) is 58.4 Å². The van der Waals surface area contributed by atoms with Gasteiger partial charge >= 0.3 is 0 Å². The number of carbonyl (C=O) groups excluding carboxylic acids is 2. The van der Waals surface area contributed by atoms with E-state index in [2.05, 4.69) is 31.3 Å². The van der Waals surface area contributed by atoms with Crippen LogP contribution in [0.1, 0.15) is 52.0 Å². The molecule has 5 nitrogen and oxygen atoms in total. The van der Waals surface area contributed by atoms with Crippen molar-refractivity contribution in [1.82, 2.24) is 10.2 Å². The Morgan fingerprint density at radius 1 is 1.21 bits per heavy atom. The third-order valence-corrected chi connectivity index (χ3v) is 5.42. The molecule has 0 radical (unpaired) electrons. The third kappa shape index (κ3) is 7.44. The summed E-state index contributed by atoms with van der Waals surface area (Å²) in [7, 11) is 0. The topological polar surface area (TPSA) is 75.4 Å². The summed E-state index contributed by atoms with van der Waals surface area (Å²) in [6, 6.07) is 10.1. The van der Waals surface area contributed by atoms with Crippen molar-refractivity contribution < 1.29 is 9.59 Å². The van der Waals surface area contributed by atoms with Crippen LogP contribution in [0.2, 0.25) is 0 Å². The number of piperidine rings is 1. The Labute approximate surface area is 175 Å². The lowest BCUT2D eigenvalue weighted by atomic mass is 9.88. The van der Waals surface area contributed by atoms with E-state index in [9.17, 15) is 9.59 Å². The predicted molar refractivity (Wildman–Crippen MR) is 116 cm³/mol. The van der Waals surface area contributed by atoms with Crippen LogP contribution in [0.3, 0.4) is 0 Å². The lowest BCUT2D eigenvalue weighted by Crippen LogP contribution is -2.55. The first kappa shape index (κ1) is 24.4. The molecule has 6 heteroatoms. The maximum Gasteiger partial charge on any atom is 0.223 e. The summed E-state index contributed by atoms with van der Waals surface area (Å²) in [6.07, 6.45) is 3.62. The standard InChI is InChI=1S/C22H35N3O2.ClH/c1-17(2)15-22(3,16-23)24-21(27)19-11-13-25(14-12-19)20(26)10-9-18-7-5-4-6-8-18;/h4-8,17,19H,9-16,23H2,1-3H3,(H,24,27);1H. The molecule has 1 fully saturated rings. The molecule has 1 aliphatic rings. The molecule has 158 valence electrons. The Hall–Kier alpha value is -1.59. The molecule has 3 N–H and O–H groups in total. The fourth-order valence-electron chi connectivity index (χ4n) is 3.93. The van der Waals surface area contributed by atoms with Crippen molar-refractivity contribution >= 4 is 24.2 Å². The summed E-state index contributed by atoms with van der Waals surface area (Å²) in [4.78, 5) is 27.0. The molecule has 2 amide bonds. The first-order chi connectivity index (χ1) is 12.8. The number of benzene rings is 1. The molecule has 28 heavy (non-hydrogen) atoms. The Balaban J connectivity index is 0.00000392. The van der Waals surface area contributed by atoms with E-state index in [4.69, 9.17) is 5.73 Å². The molecule has 1 heterocycles. The van der Waals surface area contributed by atoms with Crippen molar-refractivity contribution in [3.05, 3.63) is 35.9 Å². The average molecular weight is 410 g/mol. The monoisotopic (exact) mass is 409 g/mol. The average Bonchev–Trinajstić information content (AvgIpc) is 2.66. The SMILES string of the molecule is CC(C)CC(C)(CN)NC(=O)C1CCN(C(=O)CCc2ccccc2)CC1.Cl. The Bertz CT molecular complexity index is 615. The molecule has 2 rings (SSSR count). The Kier molecular flexibility index (Phi) is 9.97. The van der Waals surface area contributed by atoms with Gasteiger partial charge in [-0.3, -0.25) is 9.59 Å². The van der Waals surface area contributed by atoms with Crippen molar-refractivity contribution in [1.29, 1.82) is 0 Å². The second-order valence-corrected chi connectivity index (χ2v) is 8.49. The lowest BCUT2D eigenvalue weighted by molar-refractivity contribution is -0.136. The zero-order chi connectivity index (χ0) is 19.9. The van der Waals surface area contributed by atoms with Gasteiger partial charge in [0.2, 0.25) is 11.8 Å². The summed E-state index contributed by atoms with van der Waals surface area (Å²) in [5.41, 5.74) is 6.74. The van der Waals surface area contributed by atoms with E-state index in [1.165, 1.54) is 5.56 Å². The normalized spacial score (nSPS) is 17.0. The number of amides is 2. The number of nitrogens with two attached hydrogens (primary N) is 1. The minimum Gasteiger partial charge on any atom is -0.349 e. The highest BCUT2D eigenvalue weighted by molar-refractivity contribution is 5.85. The molecule has 1 aromatic rings. The van der Waals surface area contributed by atoms with E-state index in [1.54, 1.807) is 0 Å². The summed E-state index contributed by atoms with van der Waals surface area (Å²) in [6.45, 7) is 8.06. The second kappa shape index (κ2) is 11.4. The van der Waals surface area contributed by atoms with Crippen LogP contribution in [0, 0.1) is 11.8 Å². The van der Waals surface area contributed by atoms with Crippen molar-refractivity contribution in [3.63, 3.8) is 0 Å². The first-order valence-electron chi connectivity index (χ1n) is 10.2. The number of hydrogen-bond acceptors (Lipinski definition) is 3. The van der Waals surface area contributed by atoms with Crippen LogP contribution in [0.25, 0.3) is 0 Å². The minimum atomic E-state index is -0.353. The maximum atomic E-state index is 12.7. The first-order valence-corrected chi connectivity index (χ1v) is 10.2. The van der Waals surface area contributed by atoms with Gasteiger partial charge in [-0.15, -0.1) is 12.4 Å². The van der Waals surface area contributed by atoms with Crippen molar-refractivity contribution in [2.24, 2.45) is 17.6 Å². The van der Waals surface area contributed by atoms with Crippen LogP contribution in [0.5, 0.6) is 0 Å². The molecule has 1 aliphatic heterocycles. The van der Waals surface area contributed by atoms with Crippen LogP contribution in [-0.2, 0) is 16.0 Å². The Morgan fingerprint density at radius 3 is 2.36 bits per heavy atom. The summed E-state index contributed by atoms with van der Waals surface area (Å²) >= 11 is 0. The molecular weight excluding hydrogens is 374 g/mol. The lowest BCUT2D eigenvalue weighted by Gasteiger charge is -2.36. The van der Waals surface area contributed by atoms with Gasteiger partial charge in [0.15, 0.2) is 0 Å². The van der Waals surface area contributed by atoms with E-state index in [-0.39, 0.29) is 35.7 Å². The Morgan fingerprint density at radius 2 is 1.82 bits per heavy atom. The highest BCUT2D eigenvalue weighted by Crippen LogP contribution is 2.21. The van der Waals surface area contributed by atoms with Crippen LogP contribution in [0.4, 0.5) is 0 Å². The summed E-state index contributed by atoms with van der Waals surface area (Å²) < 4.78 is 0. The van der Waals surface area contributed by atoms with Gasteiger partial charge in [0.25, 0.3) is 0 Å². The molecule has 1 aromatic carbocycles. The van der Waals surface area contributed by atoms with Crippen molar-refractivity contribution in [2.75, 3.05) is 19.6 Å². The van der Waals surface area contributed by atoms with Crippen LogP contribution < -0.4 is 11.1 Å². The van der Waals surface area contributed by atoms with E-state index >= 15 is 0 Å². The van der Waals surface area contributed by atoms with Gasteiger partial charge in [-0.25, -0.2) is 0 Å². The molecule has 1 atom stereocenters. The highest BCUT2D eigenvalue weighted by atomic mass is 35.5. The number of hydrogen-bond donors (Lipinski definition) is 2. The molecule has 0 saturated carbocycles. The molecule has 1 saturated heterocycles. The molecule has 0 aromatic heterocycles. The van der Waals surface area contributed by atoms with Gasteiger partial charge in [-0.1, -0.05) is 44.2 Å². The number of nitrogens with one attached hydrogen (secondary N) is 1. The quantitative estimate of drug-likeness (QED) is 0.692. The van der Waals surface area contributed by atoms with Crippen LogP contribution >= 0.6 is 12.4 Å². The molecule has 0 aliphatic carbocycles. The summed E-state index contributed by atoms with van der Waals surface area (Å²) in [5.74, 6) is 0.716. The van der Waals surface area contributed by atoms with E-state index in [1.807, 2.05) is 30.0 Å². The van der Waals surface area contributed by atoms with Crippen LogP contribution in [-0.4, -0.2) is 41.9 Å². The summed E-state index contributed by atoms with van der Waals surface area (Å²) in [5, 5.41) is 3.17. The van der Waals surface area contributed by atoms with Gasteiger partial charge < -0.3 is 16.0 Å². The number of halogens is 1. The number of nitrogens with zero attached hydrogens (tertiary/aromatic N) is 1. The minimum absolute atomic E-state index is 0. The number of carbonyl (C=O) groups is 2. The molecule has 0 bridgehead atoms. The molecule has 1 unspecified atom stereocenters. The van der Waals surface area contributed by atoms with Gasteiger partial charge in [0.1, 0.15) is 0 Å². The van der Waals surface area contributed by atoms with Gasteiger partial charge in [-0.05, 0) is 44.1 Å². The van der Waals surface area contributed by atoms with Gasteiger partial charge in [0, 0.05) is 37.5 Å². The molecule has 0 spiro atoms.